The van der Waals surface area contributed by atoms with E-state index < -0.39 is 4.92 Å². The lowest BCUT2D eigenvalue weighted by molar-refractivity contribution is -0.384. The molecule has 7 nitrogen and oxygen atoms in total. The first-order valence-corrected chi connectivity index (χ1v) is 7.71. The van der Waals surface area contributed by atoms with Gasteiger partial charge < -0.3 is 15.8 Å². The number of nitro benzene ring substituents is 1. The van der Waals surface area contributed by atoms with Gasteiger partial charge in [0, 0.05) is 23.5 Å². The molecule has 130 valence electrons. The molecule has 0 spiro atoms. The molecule has 3 N–H and O–H groups in total. The Morgan fingerprint density at radius 2 is 1.73 bits per heavy atom. The number of anilines is 2. The maximum Gasteiger partial charge on any atom is 0.269 e. The number of rotatable bonds is 5. The Hall–Kier alpha value is -3.87. The molecule has 3 aromatic rings. The molecule has 0 radical (unpaired) electrons. The summed E-state index contributed by atoms with van der Waals surface area (Å²) in [5.41, 5.74) is 7.11. The molecule has 0 aromatic heterocycles. The Labute approximate surface area is 149 Å². The van der Waals surface area contributed by atoms with E-state index in [2.05, 4.69) is 5.32 Å². The smallest absolute Gasteiger partial charge is 0.269 e. The summed E-state index contributed by atoms with van der Waals surface area (Å²) in [6.07, 6.45) is 0. The number of para-hydroxylation sites is 1. The van der Waals surface area contributed by atoms with Gasteiger partial charge in [-0.2, -0.15) is 0 Å². The minimum absolute atomic E-state index is 0.0370. The number of nitrogens with zero attached hydrogens (tertiary/aromatic N) is 1. The van der Waals surface area contributed by atoms with Crippen LogP contribution in [0, 0.1) is 10.1 Å². The number of nitrogens with two attached hydrogens (primary N) is 1. The van der Waals surface area contributed by atoms with Gasteiger partial charge >= 0.3 is 0 Å². The molecule has 0 saturated carbocycles. The third-order valence-corrected chi connectivity index (χ3v) is 3.55. The van der Waals surface area contributed by atoms with Crippen molar-refractivity contribution in [3.63, 3.8) is 0 Å². The van der Waals surface area contributed by atoms with Gasteiger partial charge in [-0.1, -0.05) is 18.2 Å². The lowest BCUT2D eigenvalue weighted by atomic mass is 10.1. The predicted octanol–water partition coefficient (Wildman–Crippen LogP) is 4.22. The first-order valence-electron chi connectivity index (χ1n) is 7.71. The Bertz CT molecular complexity index is 955. The number of nitro groups is 1. The molecular weight excluding hydrogens is 334 g/mol. The fourth-order valence-corrected chi connectivity index (χ4v) is 2.32. The molecule has 0 atom stereocenters. The molecule has 7 heteroatoms. The highest BCUT2D eigenvalue weighted by atomic mass is 16.6. The van der Waals surface area contributed by atoms with Gasteiger partial charge in [-0.25, -0.2) is 0 Å². The molecule has 0 fully saturated rings. The first-order chi connectivity index (χ1) is 12.5. The Morgan fingerprint density at radius 3 is 2.42 bits per heavy atom. The second-order valence-corrected chi connectivity index (χ2v) is 5.43. The summed E-state index contributed by atoms with van der Waals surface area (Å²) in [7, 11) is 0. The van der Waals surface area contributed by atoms with Crippen molar-refractivity contribution in [3.8, 4) is 11.5 Å². The molecule has 0 bridgehead atoms. The van der Waals surface area contributed by atoms with E-state index in [0.717, 1.165) is 0 Å². The van der Waals surface area contributed by atoms with Crippen LogP contribution in [0.25, 0.3) is 0 Å². The van der Waals surface area contributed by atoms with E-state index in [9.17, 15) is 14.9 Å². The van der Waals surface area contributed by atoms with Crippen LogP contribution in [0.2, 0.25) is 0 Å². The quantitative estimate of drug-likeness (QED) is 0.407. The predicted molar refractivity (Wildman–Crippen MR) is 98.4 cm³/mol. The molecule has 0 saturated heterocycles. The number of nitrogen functional groups attached to an aromatic ring is 1. The van der Waals surface area contributed by atoms with Crippen LogP contribution in [0.5, 0.6) is 11.5 Å². The van der Waals surface area contributed by atoms with Crippen LogP contribution in [0.3, 0.4) is 0 Å². The summed E-state index contributed by atoms with van der Waals surface area (Å²) in [6.45, 7) is 0. The summed E-state index contributed by atoms with van der Waals surface area (Å²) in [4.78, 5) is 22.8. The minimum atomic E-state index is -0.489. The Morgan fingerprint density at radius 1 is 1.00 bits per heavy atom. The van der Waals surface area contributed by atoms with Crippen molar-refractivity contribution in [1.82, 2.24) is 0 Å². The van der Waals surface area contributed by atoms with Crippen molar-refractivity contribution < 1.29 is 14.5 Å². The van der Waals surface area contributed by atoms with E-state index >= 15 is 0 Å². The number of nitrogens with one attached hydrogen (secondary N) is 1. The van der Waals surface area contributed by atoms with Crippen LogP contribution in [0.1, 0.15) is 10.4 Å². The van der Waals surface area contributed by atoms with Crippen LogP contribution >= 0.6 is 0 Å². The highest BCUT2D eigenvalue weighted by molar-refractivity contribution is 6.06. The van der Waals surface area contributed by atoms with Crippen molar-refractivity contribution >= 4 is 23.0 Å². The summed E-state index contributed by atoms with van der Waals surface area (Å²) in [5.74, 6) is 0.371. The average molecular weight is 349 g/mol. The van der Waals surface area contributed by atoms with E-state index in [1.807, 2.05) is 0 Å². The zero-order chi connectivity index (χ0) is 18.5. The molecular formula is C19H15N3O4. The number of hydrogen-bond donors (Lipinski definition) is 2. The van der Waals surface area contributed by atoms with Crippen LogP contribution in [-0.4, -0.2) is 10.8 Å². The number of amides is 1. The minimum Gasteiger partial charge on any atom is -0.457 e. The van der Waals surface area contributed by atoms with Crippen LogP contribution in [-0.2, 0) is 0 Å². The molecule has 3 aromatic carbocycles. The number of ether oxygens (including phenoxy) is 1. The van der Waals surface area contributed by atoms with Crippen molar-refractivity contribution in [2.24, 2.45) is 0 Å². The van der Waals surface area contributed by atoms with Crippen molar-refractivity contribution in [3.05, 3.63) is 88.5 Å². The fraction of sp³-hybridized carbons (Fsp3) is 0. The highest BCUT2D eigenvalue weighted by Gasteiger charge is 2.14. The van der Waals surface area contributed by atoms with E-state index in [4.69, 9.17) is 10.5 Å². The standard InChI is InChI=1S/C19H15N3O4/c20-13-4-3-5-14(12-13)21-19(23)17-6-1-2-7-18(17)26-16-10-8-15(9-11-16)22(24)25/h1-12H,20H2,(H,21,23). The number of non-ortho nitro benzene ring substituents is 1. The molecule has 0 aliphatic carbocycles. The summed E-state index contributed by atoms with van der Waals surface area (Å²) < 4.78 is 5.72. The molecule has 0 unspecified atom stereocenters. The fourth-order valence-electron chi connectivity index (χ4n) is 2.32. The van der Waals surface area contributed by atoms with Crippen molar-refractivity contribution in [1.29, 1.82) is 0 Å². The van der Waals surface area contributed by atoms with E-state index in [-0.39, 0.29) is 11.6 Å². The van der Waals surface area contributed by atoms with Gasteiger partial charge in [0.05, 0.1) is 10.5 Å². The Kier molecular flexibility index (Phi) is 4.80. The molecule has 26 heavy (non-hydrogen) atoms. The Balaban J connectivity index is 1.81. The second kappa shape index (κ2) is 7.35. The molecule has 3 rings (SSSR count). The molecule has 0 aliphatic heterocycles. The maximum absolute atomic E-state index is 12.6. The highest BCUT2D eigenvalue weighted by Crippen LogP contribution is 2.27. The number of carbonyl (C=O) groups is 1. The topological polar surface area (TPSA) is 107 Å². The zero-order valence-corrected chi connectivity index (χ0v) is 13.6. The number of carbonyl (C=O) groups excluding carboxylic acids is 1. The van der Waals surface area contributed by atoms with Crippen LogP contribution < -0.4 is 15.8 Å². The third-order valence-electron chi connectivity index (χ3n) is 3.55. The molecule has 1 amide bonds. The summed E-state index contributed by atoms with van der Waals surface area (Å²) in [5, 5.41) is 13.5. The summed E-state index contributed by atoms with van der Waals surface area (Å²) >= 11 is 0. The SMILES string of the molecule is Nc1cccc(NC(=O)c2ccccc2Oc2ccc([N+](=O)[O-])cc2)c1. The molecule has 0 aliphatic rings. The number of benzene rings is 3. The van der Waals surface area contributed by atoms with Gasteiger partial charge in [0.2, 0.25) is 0 Å². The first kappa shape index (κ1) is 17.0. The third kappa shape index (κ3) is 3.96. The molecule has 0 heterocycles. The second-order valence-electron chi connectivity index (χ2n) is 5.43. The van der Waals surface area contributed by atoms with Gasteiger partial charge in [-0.3, -0.25) is 14.9 Å². The normalized spacial score (nSPS) is 10.2. The lowest BCUT2D eigenvalue weighted by Gasteiger charge is -2.11. The van der Waals surface area contributed by atoms with Gasteiger partial charge in [-0.05, 0) is 42.5 Å². The number of hydrogen-bond acceptors (Lipinski definition) is 5. The van der Waals surface area contributed by atoms with Crippen molar-refractivity contribution in [2.75, 3.05) is 11.1 Å². The zero-order valence-electron chi connectivity index (χ0n) is 13.6. The largest absolute Gasteiger partial charge is 0.457 e. The van der Waals surface area contributed by atoms with Gasteiger partial charge in [0.25, 0.3) is 11.6 Å². The van der Waals surface area contributed by atoms with Crippen molar-refractivity contribution in [2.45, 2.75) is 0 Å². The summed E-state index contributed by atoms with van der Waals surface area (Å²) in [6, 6.07) is 19.2. The van der Waals surface area contributed by atoms with E-state index in [1.54, 1.807) is 48.5 Å². The maximum atomic E-state index is 12.6. The monoisotopic (exact) mass is 349 g/mol. The lowest BCUT2D eigenvalue weighted by Crippen LogP contribution is -2.13. The van der Waals surface area contributed by atoms with Gasteiger partial charge in [-0.15, -0.1) is 0 Å². The van der Waals surface area contributed by atoms with Gasteiger partial charge in [0.1, 0.15) is 11.5 Å². The average Bonchev–Trinajstić information content (AvgIpc) is 2.62. The van der Waals surface area contributed by atoms with Crippen LogP contribution in [0.15, 0.2) is 72.8 Å². The van der Waals surface area contributed by atoms with E-state index in [1.165, 1.54) is 24.3 Å². The van der Waals surface area contributed by atoms with Crippen LogP contribution in [0.4, 0.5) is 17.1 Å². The van der Waals surface area contributed by atoms with Gasteiger partial charge in [0.15, 0.2) is 0 Å². The van der Waals surface area contributed by atoms with E-state index in [0.29, 0.717) is 28.4 Å².